The smallest absolute Gasteiger partial charge is 0.229 e. The molecule has 0 spiro atoms. The number of likely N-dealkylation sites (N-methyl/N-ethyl adjacent to an activating group) is 1. The lowest BCUT2D eigenvalue weighted by molar-refractivity contribution is 0.0369. The highest BCUT2D eigenvalue weighted by Crippen LogP contribution is 2.27. The van der Waals surface area contributed by atoms with E-state index in [0.717, 1.165) is 121 Å². The molecule has 5 heterocycles. The van der Waals surface area contributed by atoms with Crippen LogP contribution in [-0.4, -0.2) is 121 Å². The molecule has 3 fully saturated rings. The van der Waals surface area contributed by atoms with Gasteiger partial charge in [-0.05, 0) is 52.5 Å². The van der Waals surface area contributed by atoms with Crippen molar-refractivity contribution in [3.05, 3.63) is 12.3 Å². The first kappa shape index (κ1) is 22.8. The minimum Gasteiger partial charge on any atom is -0.379 e. The van der Waals surface area contributed by atoms with E-state index in [1.807, 2.05) is 0 Å². The number of fused-ring (bicyclic) bond motifs is 1. The number of morpholine rings is 1. The van der Waals surface area contributed by atoms with Crippen molar-refractivity contribution in [1.82, 2.24) is 29.2 Å². The number of nitrogens with zero attached hydrogens (tertiary/aromatic N) is 7. The van der Waals surface area contributed by atoms with Crippen LogP contribution in [0, 0.1) is 0 Å². The summed E-state index contributed by atoms with van der Waals surface area (Å²) in [7, 11) is 4.40. The van der Waals surface area contributed by atoms with Gasteiger partial charge in [-0.1, -0.05) is 0 Å². The normalized spacial score (nSPS) is 22.3. The second kappa shape index (κ2) is 10.5. The van der Waals surface area contributed by atoms with Gasteiger partial charge in [0.2, 0.25) is 5.95 Å². The topological polar surface area (TPSA) is 64.9 Å². The van der Waals surface area contributed by atoms with Crippen LogP contribution in [0.15, 0.2) is 12.3 Å². The van der Waals surface area contributed by atoms with Crippen molar-refractivity contribution < 1.29 is 4.74 Å². The van der Waals surface area contributed by atoms with E-state index in [1.165, 1.54) is 0 Å². The Balaban J connectivity index is 1.35. The quantitative estimate of drug-likeness (QED) is 0.671. The molecule has 3 saturated heterocycles. The SMILES string of the molecule is CN1CCC(Nc2nc(N3CCN(C)CC3)nc3c2ccn3CCCN2CCOCC2)CC1. The number of anilines is 2. The zero-order chi connectivity index (χ0) is 22.6. The number of nitrogens with one attached hydrogen (secondary N) is 1. The first-order valence-corrected chi connectivity index (χ1v) is 12.7. The van der Waals surface area contributed by atoms with Gasteiger partial charge in [0.05, 0.1) is 18.6 Å². The molecule has 0 bridgehead atoms. The molecule has 0 unspecified atom stereocenters. The van der Waals surface area contributed by atoms with Gasteiger partial charge in [0.1, 0.15) is 11.5 Å². The Hall–Kier alpha value is -1.94. The second-order valence-electron chi connectivity index (χ2n) is 9.94. The molecule has 3 aliphatic heterocycles. The number of rotatable bonds is 7. The van der Waals surface area contributed by atoms with Gasteiger partial charge in [-0.15, -0.1) is 0 Å². The van der Waals surface area contributed by atoms with Gasteiger partial charge in [-0.25, -0.2) is 0 Å². The van der Waals surface area contributed by atoms with Crippen LogP contribution in [0.2, 0.25) is 0 Å². The fourth-order valence-electron chi connectivity index (χ4n) is 5.13. The third-order valence-electron chi connectivity index (χ3n) is 7.43. The summed E-state index contributed by atoms with van der Waals surface area (Å²) in [5, 5.41) is 4.95. The summed E-state index contributed by atoms with van der Waals surface area (Å²) in [5.41, 5.74) is 1.07. The molecule has 5 rings (SSSR count). The van der Waals surface area contributed by atoms with E-state index in [1.54, 1.807) is 0 Å². The van der Waals surface area contributed by atoms with Crippen LogP contribution in [0.4, 0.5) is 11.8 Å². The standard InChI is InChI=1S/C24H40N8O/c1-28-9-4-20(5-10-28)25-22-21-6-11-31(8-3-7-30-16-18-33-19-17-30)23(21)27-24(26-22)32-14-12-29(2)13-15-32/h6,11,20H,3-5,7-10,12-19H2,1-2H3,(H,25,26,27). The summed E-state index contributed by atoms with van der Waals surface area (Å²) >= 11 is 0. The van der Waals surface area contributed by atoms with E-state index in [0.29, 0.717) is 6.04 Å². The van der Waals surface area contributed by atoms with Crippen LogP contribution in [0.5, 0.6) is 0 Å². The van der Waals surface area contributed by atoms with Crippen LogP contribution in [0.25, 0.3) is 11.0 Å². The molecule has 33 heavy (non-hydrogen) atoms. The number of aryl methyl sites for hydroxylation is 1. The lowest BCUT2D eigenvalue weighted by Gasteiger charge is -2.33. The van der Waals surface area contributed by atoms with Crippen molar-refractivity contribution in [3.8, 4) is 0 Å². The van der Waals surface area contributed by atoms with Crippen molar-refractivity contribution in [3.63, 3.8) is 0 Å². The number of ether oxygens (including phenoxy) is 1. The highest BCUT2D eigenvalue weighted by molar-refractivity contribution is 5.89. The molecule has 9 nitrogen and oxygen atoms in total. The van der Waals surface area contributed by atoms with Gasteiger partial charge in [0, 0.05) is 64.6 Å². The molecule has 0 aromatic carbocycles. The summed E-state index contributed by atoms with van der Waals surface area (Å²) in [5.74, 6) is 1.88. The summed E-state index contributed by atoms with van der Waals surface area (Å²) in [6.07, 6.45) is 5.64. The third kappa shape index (κ3) is 5.59. The fourth-order valence-corrected chi connectivity index (χ4v) is 5.13. The average molecular weight is 457 g/mol. The Kier molecular flexibility index (Phi) is 7.30. The molecule has 0 atom stereocenters. The number of hydrogen-bond acceptors (Lipinski definition) is 8. The summed E-state index contributed by atoms with van der Waals surface area (Å²) in [4.78, 5) is 19.8. The van der Waals surface area contributed by atoms with Crippen LogP contribution in [0.1, 0.15) is 19.3 Å². The maximum absolute atomic E-state index is 5.49. The molecule has 2 aromatic heterocycles. The predicted octanol–water partition coefficient (Wildman–Crippen LogP) is 1.41. The first-order valence-electron chi connectivity index (χ1n) is 12.7. The maximum atomic E-state index is 5.49. The average Bonchev–Trinajstić information content (AvgIpc) is 3.25. The first-order chi connectivity index (χ1) is 16.2. The van der Waals surface area contributed by atoms with E-state index in [4.69, 9.17) is 14.7 Å². The Morgan fingerprint density at radius 1 is 0.909 bits per heavy atom. The number of piperazine rings is 1. The van der Waals surface area contributed by atoms with Crippen LogP contribution in [0.3, 0.4) is 0 Å². The summed E-state index contributed by atoms with van der Waals surface area (Å²) in [6, 6.07) is 2.68. The molecule has 3 aliphatic rings. The highest BCUT2D eigenvalue weighted by Gasteiger charge is 2.23. The molecular weight excluding hydrogens is 416 g/mol. The zero-order valence-corrected chi connectivity index (χ0v) is 20.4. The van der Waals surface area contributed by atoms with Crippen molar-refractivity contribution in [2.24, 2.45) is 0 Å². The fraction of sp³-hybridized carbons (Fsp3) is 0.750. The Labute approximate surface area is 197 Å². The molecule has 182 valence electrons. The van der Waals surface area contributed by atoms with E-state index in [2.05, 4.69) is 55.8 Å². The van der Waals surface area contributed by atoms with Gasteiger partial charge in [-0.2, -0.15) is 9.97 Å². The van der Waals surface area contributed by atoms with Gasteiger partial charge >= 0.3 is 0 Å². The van der Waals surface area contributed by atoms with Crippen molar-refractivity contribution in [1.29, 1.82) is 0 Å². The van der Waals surface area contributed by atoms with E-state index in [-0.39, 0.29) is 0 Å². The number of aromatic nitrogens is 3. The van der Waals surface area contributed by atoms with Gasteiger partial charge < -0.3 is 29.3 Å². The summed E-state index contributed by atoms with van der Waals surface area (Å²) < 4.78 is 7.82. The minimum absolute atomic E-state index is 0.476. The Bertz CT molecular complexity index is 895. The van der Waals surface area contributed by atoms with E-state index < -0.39 is 0 Å². The number of piperidine rings is 1. The van der Waals surface area contributed by atoms with Crippen molar-refractivity contribution >= 4 is 22.8 Å². The lowest BCUT2D eigenvalue weighted by Crippen LogP contribution is -2.45. The highest BCUT2D eigenvalue weighted by atomic mass is 16.5. The summed E-state index contributed by atoms with van der Waals surface area (Å²) in [6.45, 7) is 12.3. The van der Waals surface area contributed by atoms with Crippen molar-refractivity contribution in [2.75, 3.05) is 96.4 Å². The van der Waals surface area contributed by atoms with Crippen LogP contribution >= 0.6 is 0 Å². The van der Waals surface area contributed by atoms with Gasteiger partial charge in [0.25, 0.3) is 0 Å². The van der Waals surface area contributed by atoms with E-state index >= 15 is 0 Å². The molecule has 2 aromatic rings. The Morgan fingerprint density at radius 3 is 2.39 bits per heavy atom. The predicted molar refractivity (Wildman–Crippen MR) is 133 cm³/mol. The van der Waals surface area contributed by atoms with Crippen LogP contribution < -0.4 is 10.2 Å². The molecule has 9 heteroatoms. The van der Waals surface area contributed by atoms with Gasteiger partial charge in [0.15, 0.2) is 0 Å². The minimum atomic E-state index is 0.476. The van der Waals surface area contributed by atoms with Crippen molar-refractivity contribution in [2.45, 2.75) is 31.8 Å². The second-order valence-corrected chi connectivity index (χ2v) is 9.94. The lowest BCUT2D eigenvalue weighted by atomic mass is 10.1. The van der Waals surface area contributed by atoms with Crippen LogP contribution in [-0.2, 0) is 11.3 Å². The Morgan fingerprint density at radius 2 is 1.64 bits per heavy atom. The number of likely N-dealkylation sites (tertiary alicyclic amines) is 1. The molecule has 0 aliphatic carbocycles. The van der Waals surface area contributed by atoms with Gasteiger partial charge in [-0.3, -0.25) is 4.90 Å². The molecule has 0 radical (unpaired) electrons. The molecule has 0 saturated carbocycles. The monoisotopic (exact) mass is 456 g/mol. The zero-order valence-electron chi connectivity index (χ0n) is 20.4. The largest absolute Gasteiger partial charge is 0.379 e. The molecule has 1 N–H and O–H groups in total. The molecule has 0 amide bonds. The molecular formula is C24H40N8O. The van der Waals surface area contributed by atoms with E-state index in [9.17, 15) is 0 Å². The number of hydrogen-bond donors (Lipinski definition) is 1. The third-order valence-corrected chi connectivity index (χ3v) is 7.43. The maximum Gasteiger partial charge on any atom is 0.229 e.